The molecule has 0 atom stereocenters. The van der Waals surface area contributed by atoms with Crippen molar-refractivity contribution in [2.45, 2.75) is 0 Å². The van der Waals surface area contributed by atoms with Crippen LogP contribution in [0.2, 0.25) is 5.15 Å². The van der Waals surface area contributed by atoms with Gasteiger partial charge in [0.05, 0.1) is 17.4 Å². The number of carbonyl (C=O) groups is 2. The highest BCUT2D eigenvalue weighted by Crippen LogP contribution is 2.15. The molecule has 0 saturated heterocycles. The predicted molar refractivity (Wildman–Crippen MR) is 68.4 cm³/mol. The van der Waals surface area contributed by atoms with Crippen LogP contribution in [-0.2, 0) is 0 Å². The second kappa shape index (κ2) is 5.45. The lowest BCUT2D eigenvalue weighted by molar-refractivity contribution is 0.0698. The summed E-state index contributed by atoms with van der Waals surface area (Å²) in [6, 6.07) is 4.16. The Morgan fingerprint density at radius 3 is 2.74 bits per heavy atom. The van der Waals surface area contributed by atoms with Crippen LogP contribution < -0.4 is 5.32 Å². The van der Waals surface area contributed by atoms with Gasteiger partial charge in [0, 0.05) is 18.0 Å². The fraction of sp³-hybridized carbons (Fsp3) is 0. The molecule has 0 aliphatic carbocycles. The molecule has 2 aromatic rings. The number of carboxylic acids is 1. The number of carbonyl (C=O) groups excluding carboxylic acids is 1. The van der Waals surface area contributed by atoms with Gasteiger partial charge in [0.25, 0.3) is 5.91 Å². The SMILES string of the molecule is O=C(Nc1cnccc1C(=O)O)c1ccnc(Cl)c1. The van der Waals surface area contributed by atoms with Crippen LogP contribution in [-0.4, -0.2) is 27.0 Å². The van der Waals surface area contributed by atoms with Gasteiger partial charge in [0.2, 0.25) is 0 Å². The van der Waals surface area contributed by atoms with E-state index in [9.17, 15) is 9.59 Å². The number of rotatable bonds is 3. The Morgan fingerprint density at radius 2 is 2.05 bits per heavy atom. The third-order valence-corrected chi connectivity index (χ3v) is 2.50. The van der Waals surface area contributed by atoms with Crippen molar-refractivity contribution in [3.8, 4) is 0 Å². The molecule has 0 saturated carbocycles. The van der Waals surface area contributed by atoms with Gasteiger partial charge in [-0.3, -0.25) is 9.78 Å². The molecule has 0 radical (unpaired) electrons. The van der Waals surface area contributed by atoms with E-state index in [1.54, 1.807) is 0 Å². The van der Waals surface area contributed by atoms with E-state index in [1.165, 1.54) is 36.8 Å². The highest BCUT2D eigenvalue weighted by Gasteiger charge is 2.13. The number of hydrogen-bond donors (Lipinski definition) is 2. The highest BCUT2D eigenvalue weighted by molar-refractivity contribution is 6.29. The fourth-order valence-corrected chi connectivity index (χ4v) is 1.59. The van der Waals surface area contributed by atoms with E-state index in [-0.39, 0.29) is 22.0 Å². The van der Waals surface area contributed by atoms with Crippen LogP contribution in [0.3, 0.4) is 0 Å². The summed E-state index contributed by atoms with van der Waals surface area (Å²) < 4.78 is 0. The van der Waals surface area contributed by atoms with E-state index in [4.69, 9.17) is 16.7 Å². The zero-order valence-electron chi connectivity index (χ0n) is 9.50. The summed E-state index contributed by atoms with van der Waals surface area (Å²) in [6.45, 7) is 0. The van der Waals surface area contributed by atoms with Gasteiger partial charge in [-0.05, 0) is 18.2 Å². The maximum absolute atomic E-state index is 11.9. The second-order valence-electron chi connectivity index (χ2n) is 3.55. The minimum Gasteiger partial charge on any atom is -0.478 e. The summed E-state index contributed by atoms with van der Waals surface area (Å²) >= 11 is 5.68. The first-order valence-electron chi connectivity index (χ1n) is 5.18. The summed E-state index contributed by atoms with van der Waals surface area (Å²) in [5.74, 6) is -1.63. The van der Waals surface area contributed by atoms with Crippen molar-refractivity contribution in [1.82, 2.24) is 9.97 Å². The maximum Gasteiger partial charge on any atom is 0.337 e. The van der Waals surface area contributed by atoms with E-state index in [1.807, 2.05) is 0 Å². The lowest BCUT2D eigenvalue weighted by Gasteiger charge is -2.07. The smallest absolute Gasteiger partial charge is 0.337 e. The lowest BCUT2D eigenvalue weighted by Crippen LogP contribution is -2.15. The molecule has 2 aromatic heterocycles. The Morgan fingerprint density at radius 1 is 1.26 bits per heavy atom. The third kappa shape index (κ3) is 3.05. The first-order valence-corrected chi connectivity index (χ1v) is 5.56. The van der Waals surface area contributed by atoms with Crippen LogP contribution in [0.25, 0.3) is 0 Å². The number of halogens is 1. The van der Waals surface area contributed by atoms with Gasteiger partial charge < -0.3 is 10.4 Å². The molecule has 6 nitrogen and oxygen atoms in total. The molecule has 7 heteroatoms. The monoisotopic (exact) mass is 277 g/mol. The molecule has 0 bridgehead atoms. The normalized spacial score (nSPS) is 9.95. The van der Waals surface area contributed by atoms with Gasteiger partial charge in [-0.15, -0.1) is 0 Å². The van der Waals surface area contributed by atoms with E-state index in [2.05, 4.69) is 15.3 Å². The van der Waals surface area contributed by atoms with Crippen LogP contribution in [0.4, 0.5) is 5.69 Å². The van der Waals surface area contributed by atoms with Crippen molar-refractivity contribution in [3.05, 3.63) is 53.1 Å². The topological polar surface area (TPSA) is 92.2 Å². The highest BCUT2D eigenvalue weighted by atomic mass is 35.5. The number of amides is 1. The molecule has 96 valence electrons. The Hall–Kier alpha value is -2.47. The summed E-state index contributed by atoms with van der Waals surface area (Å²) in [5.41, 5.74) is 0.358. The molecule has 0 fully saturated rings. The number of nitrogens with one attached hydrogen (secondary N) is 1. The standard InChI is InChI=1S/C12H8ClN3O3/c13-10-5-7(1-4-15-10)11(17)16-9-6-14-3-2-8(9)12(18)19/h1-6H,(H,16,17)(H,18,19). The van der Waals surface area contributed by atoms with Gasteiger partial charge in [-0.1, -0.05) is 11.6 Å². The molecule has 0 aromatic carbocycles. The zero-order valence-corrected chi connectivity index (χ0v) is 10.3. The summed E-state index contributed by atoms with van der Waals surface area (Å²) in [6.07, 6.45) is 3.99. The van der Waals surface area contributed by atoms with Crippen LogP contribution in [0.15, 0.2) is 36.8 Å². The van der Waals surface area contributed by atoms with Gasteiger partial charge in [0.1, 0.15) is 5.15 Å². The Balaban J connectivity index is 2.27. The van der Waals surface area contributed by atoms with Crippen molar-refractivity contribution in [2.75, 3.05) is 5.32 Å². The largest absolute Gasteiger partial charge is 0.478 e. The van der Waals surface area contributed by atoms with Gasteiger partial charge in [-0.2, -0.15) is 0 Å². The average molecular weight is 278 g/mol. The van der Waals surface area contributed by atoms with Crippen LogP contribution in [0.1, 0.15) is 20.7 Å². The van der Waals surface area contributed by atoms with E-state index in [0.29, 0.717) is 0 Å². The second-order valence-corrected chi connectivity index (χ2v) is 3.94. The zero-order chi connectivity index (χ0) is 13.8. The molecule has 1 amide bonds. The van der Waals surface area contributed by atoms with E-state index in [0.717, 1.165) is 0 Å². The van der Waals surface area contributed by atoms with Gasteiger partial charge in [-0.25, -0.2) is 9.78 Å². The molecular weight excluding hydrogens is 270 g/mol. The van der Waals surface area contributed by atoms with Crippen molar-refractivity contribution in [2.24, 2.45) is 0 Å². The van der Waals surface area contributed by atoms with Crippen LogP contribution in [0, 0.1) is 0 Å². The summed E-state index contributed by atoms with van der Waals surface area (Å²) in [4.78, 5) is 30.4. The summed E-state index contributed by atoms with van der Waals surface area (Å²) in [7, 11) is 0. The number of pyridine rings is 2. The van der Waals surface area contributed by atoms with Crippen molar-refractivity contribution in [1.29, 1.82) is 0 Å². The van der Waals surface area contributed by atoms with Gasteiger partial charge in [0.15, 0.2) is 0 Å². The quantitative estimate of drug-likeness (QED) is 0.838. The molecule has 2 heterocycles. The predicted octanol–water partition coefficient (Wildman–Crippen LogP) is 2.08. The molecule has 0 aliphatic heterocycles. The molecular formula is C12H8ClN3O3. The Bertz CT molecular complexity index is 646. The number of carboxylic acid groups (broad SMARTS) is 1. The summed E-state index contributed by atoms with van der Waals surface area (Å²) in [5, 5.41) is 11.6. The molecule has 19 heavy (non-hydrogen) atoms. The number of aromatic nitrogens is 2. The molecule has 2 rings (SSSR count). The minimum absolute atomic E-state index is 0.0384. The van der Waals surface area contributed by atoms with Crippen molar-refractivity contribution >= 4 is 29.2 Å². The molecule has 2 N–H and O–H groups in total. The number of hydrogen-bond acceptors (Lipinski definition) is 4. The number of anilines is 1. The van der Waals surface area contributed by atoms with Crippen molar-refractivity contribution < 1.29 is 14.7 Å². The first kappa shape index (κ1) is 13.0. The third-order valence-electron chi connectivity index (χ3n) is 2.29. The van der Waals surface area contributed by atoms with E-state index < -0.39 is 11.9 Å². The van der Waals surface area contributed by atoms with Crippen molar-refractivity contribution in [3.63, 3.8) is 0 Å². The molecule has 0 unspecified atom stereocenters. The minimum atomic E-state index is -1.15. The number of nitrogens with zero attached hydrogens (tertiary/aromatic N) is 2. The van der Waals surface area contributed by atoms with Gasteiger partial charge >= 0.3 is 5.97 Å². The maximum atomic E-state index is 11.9. The molecule has 0 aliphatic rings. The van der Waals surface area contributed by atoms with E-state index >= 15 is 0 Å². The average Bonchev–Trinajstić information content (AvgIpc) is 2.39. The van der Waals surface area contributed by atoms with Crippen LogP contribution in [0.5, 0.6) is 0 Å². The number of aromatic carboxylic acids is 1. The molecule has 0 spiro atoms. The lowest BCUT2D eigenvalue weighted by atomic mass is 10.2. The fourth-order valence-electron chi connectivity index (χ4n) is 1.42. The Labute approximate surface area is 113 Å². The first-order chi connectivity index (χ1) is 9.08. The van der Waals surface area contributed by atoms with Crippen LogP contribution >= 0.6 is 11.6 Å². The Kier molecular flexibility index (Phi) is 3.72.